The molecule has 0 saturated carbocycles. The van der Waals surface area contributed by atoms with E-state index in [1.54, 1.807) is 16.6 Å². The van der Waals surface area contributed by atoms with Gasteiger partial charge in [-0.15, -0.1) is 10.2 Å². The van der Waals surface area contributed by atoms with Crippen molar-refractivity contribution in [1.29, 1.82) is 0 Å². The standard InChI is InChI=1S/C17H10FN5S/c18-11-5-3-4-10(8-11)15-20-21-17-23(15)22-16(24-17)13-9-19-14-7-2-1-6-12(13)14/h1-9,19H. The molecule has 2 aromatic carbocycles. The summed E-state index contributed by atoms with van der Waals surface area (Å²) in [5, 5.41) is 14.9. The summed E-state index contributed by atoms with van der Waals surface area (Å²) in [5.74, 6) is 0.225. The molecule has 0 aliphatic rings. The zero-order chi connectivity index (χ0) is 16.1. The van der Waals surface area contributed by atoms with E-state index in [9.17, 15) is 4.39 Å². The highest BCUT2D eigenvalue weighted by Gasteiger charge is 2.16. The van der Waals surface area contributed by atoms with Gasteiger partial charge in [-0.25, -0.2) is 4.39 Å². The van der Waals surface area contributed by atoms with E-state index in [-0.39, 0.29) is 5.82 Å². The molecule has 0 spiro atoms. The summed E-state index contributed by atoms with van der Waals surface area (Å²) in [5.41, 5.74) is 2.73. The monoisotopic (exact) mass is 335 g/mol. The summed E-state index contributed by atoms with van der Waals surface area (Å²) in [7, 11) is 0. The number of halogens is 1. The Morgan fingerprint density at radius 3 is 2.88 bits per heavy atom. The summed E-state index contributed by atoms with van der Waals surface area (Å²) >= 11 is 1.45. The van der Waals surface area contributed by atoms with Gasteiger partial charge in [-0.1, -0.05) is 41.7 Å². The summed E-state index contributed by atoms with van der Waals surface area (Å²) in [6, 6.07) is 14.3. The topological polar surface area (TPSA) is 58.9 Å². The van der Waals surface area contributed by atoms with E-state index in [1.807, 2.05) is 24.4 Å². The van der Waals surface area contributed by atoms with Gasteiger partial charge < -0.3 is 4.98 Å². The lowest BCUT2D eigenvalue weighted by Crippen LogP contribution is -1.91. The minimum absolute atomic E-state index is 0.309. The molecule has 0 fully saturated rings. The van der Waals surface area contributed by atoms with E-state index < -0.39 is 0 Å². The Bertz CT molecular complexity index is 1190. The molecule has 1 N–H and O–H groups in total. The predicted molar refractivity (Wildman–Crippen MR) is 91.3 cm³/mol. The van der Waals surface area contributed by atoms with Crippen LogP contribution in [0.1, 0.15) is 0 Å². The quantitative estimate of drug-likeness (QED) is 0.527. The molecule has 3 aromatic heterocycles. The van der Waals surface area contributed by atoms with Crippen LogP contribution in [-0.2, 0) is 0 Å². The molecule has 7 heteroatoms. The smallest absolute Gasteiger partial charge is 0.235 e. The lowest BCUT2D eigenvalue weighted by molar-refractivity contribution is 0.628. The van der Waals surface area contributed by atoms with Gasteiger partial charge in [0.1, 0.15) is 10.8 Å². The van der Waals surface area contributed by atoms with E-state index in [2.05, 4.69) is 26.3 Å². The summed E-state index contributed by atoms with van der Waals surface area (Å²) in [4.78, 5) is 3.92. The molecule has 0 aliphatic heterocycles. The van der Waals surface area contributed by atoms with Crippen LogP contribution in [0.5, 0.6) is 0 Å². The van der Waals surface area contributed by atoms with Gasteiger partial charge in [-0.3, -0.25) is 0 Å². The van der Waals surface area contributed by atoms with Crippen molar-refractivity contribution >= 4 is 27.2 Å². The normalized spacial score (nSPS) is 11.5. The van der Waals surface area contributed by atoms with Crippen LogP contribution >= 0.6 is 11.3 Å². The van der Waals surface area contributed by atoms with E-state index >= 15 is 0 Å². The molecule has 5 rings (SSSR count). The molecule has 0 amide bonds. The van der Waals surface area contributed by atoms with Crippen LogP contribution in [0, 0.1) is 5.82 Å². The molecule has 0 unspecified atom stereocenters. The highest BCUT2D eigenvalue weighted by atomic mass is 32.1. The molecule has 24 heavy (non-hydrogen) atoms. The average molecular weight is 335 g/mol. The van der Waals surface area contributed by atoms with E-state index in [0.717, 1.165) is 21.5 Å². The van der Waals surface area contributed by atoms with Crippen molar-refractivity contribution in [2.45, 2.75) is 0 Å². The molecule has 116 valence electrons. The summed E-state index contributed by atoms with van der Waals surface area (Å²) in [6.45, 7) is 0. The molecular formula is C17H10FN5S. The fourth-order valence-corrected chi connectivity index (χ4v) is 3.65. The number of H-pyrrole nitrogens is 1. The van der Waals surface area contributed by atoms with Crippen molar-refractivity contribution in [3.63, 3.8) is 0 Å². The Labute approximate surface area is 139 Å². The van der Waals surface area contributed by atoms with Crippen LogP contribution in [0.3, 0.4) is 0 Å². The number of para-hydroxylation sites is 1. The van der Waals surface area contributed by atoms with Gasteiger partial charge in [0.15, 0.2) is 5.82 Å². The van der Waals surface area contributed by atoms with Crippen molar-refractivity contribution in [3.05, 3.63) is 60.5 Å². The number of hydrogen-bond acceptors (Lipinski definition) is 4. The third kappa shape index (κ3) is 1.95. The van der Waals surface area contributed by atoms with Crippen LogP contribution in [0.15, 0.2) is 54.7 Å². The molecule has 5 aromatic rings. The van der Waals surface area contributed by atoms with Gasteiger partial charge in [0.2, 0.25) is 4.96 Å². The molecule has 0 saturated heterocycles. The van der Waals surface area contributed by atoms with Gasteiger partial charge in [-0.2, -0.15) is 9.61 Å². The number of nitrogens with one attached hydrogen (secondary N) is 1. The van der Waals surface area contributed by atoms with Crippen molar-refractivity contribution in [2.75, 3.05) is 0 Å². The molecule has 0 aliphatic carbocycles. The Hall–Kier alpha value is -3.06. The highest BCUT2D eigenvalue weighted by molar-refractivity contribution is 7.20. The maximum Gasteiger partial charge on any atom is 0.235 e. The largest absolute Gasteiger partial charge is 0.360 e. The predicted octanol–water partition coefficient (Wildman–Crippen LogP) is 4.14. The van der Waals surface area contributed by atoms with Crippen LogP contribution < -0.4 is 0 Å². The van der Waals surface area contributed by atoms with E-state index in [1.165, 1.54) is 23.5 Å². The van der Waals surface area contributed by atoms with Gasteiger partial charge in [0, 0.05) is 28.2 Å². The first-order valence-electron chi connectivity index (χ1n) is 7.34. The van der Waals surface area contributed by atoms with Crippen LogP contribution in [0.2, 0.25) is 0 Å². The second kappa shape index (κ2) is 4.97. The first-order chi connectivity index (χ1) is 11.8. The third-order valence-corrected chi connectivity index (χ3v) is 4.83. The molecule has 0 atom stereocenters. The van der Waals surface area contributed by atoms with Gasteiger partial charge in [-0.05, 0) is 18.2 Å². The Kier molecular flexibility index (Phi) is 2.77. The lowest BCUT2D eigenvalue weighted by atomic mass is 10.2. The Balaban J connectivity index is 1.70. The number of benzene rings is 2. The minimum Gasteiger partial charge on any atom is -0.360 e. The minimum atomic E-state index is -0.309. The first-order valence-corrected chi connectivity index (χ1v) is 8.16. The van der Waals surface area contributed by atoms with Gasteiger partial charge in [0.05, 0.1) is 0 Å². The van der Waals surface area contributed by atoms with E-state index in [0.29, 0.717) is 16.3 Å². The maximum atomic E-state index is 13.5. The van der Waals surface area contributed by atoms with Crippen molar-refractivity contribution in [1.82, 2.24) is 24.8 Å². The number of fused-ring (bicyclic) bond motifs is 2. The van der Waals surface area contributed by atoms with Crippen molar-refractivity contribution in [3.8, 4) is 22.0 Å². The molecular weight excluding hydrogens is 325 g/mol. The number of aromatic amines is 1. The van der Waals surface area contributed by atoms with Gasteiger partial charge >= 0.3 is 0 Å². The Morgan fingerprint density at radius 1 is 1.04 bits per heavy atom. The zero-order valence-electron chi connectivity index (χ0n) is 12.3. The number of rotatable bonds is 2. The molecule has 3 heterocycles. The fourth-order valence-electron chi connectivity index (χ4n) is 2.78. The van der Waals surface area contributed by atoms with Crippen LogP contribution in [-0.4, -0.2) is 24.8 Å². The Morgan fingerprint density at radius 2 is 1.96 bits per heavy atom. The highest BCUT2D eigenvalue weighted by Crippen LogP contribution is 2.32. The number of hydrogen-bond donors (Lipinski definition) is 1. The third-order valence-electron chi connectivity index (χ3n) is 3.89. The summed E-state index contributed by atoms with van der Waals surface area (Å²) < 4.78 is 15.1. The fraction of sp³-hybridized carbons (Fsp3) is 0. The maximum absolute atomic E-state index is 13.5. The SMILES string of the molecule is Fc1cccc(-c2nnc3sc(-c4c[nH]c5ccccc45)nn23)c1. The van der Waals surface area contributed by atoms with Crippen LogP contribution in [0.25, 0.3) is 37.8 Å². The number of aromatic nitrogens is 5. The molecule has 0 radical (unpaired) electrons. The number of nitrogens with zero attached hydrogens (tertiary/aromatic N) is 4. The average Bonchev–Trinajstić information content (AvgIpc) is 3.27. The van der Waals surface area contributed by atoms with Crippen LogP contribution in [0.4, 0.5) is 4.39 Å². The van der Waals surface area contributed by atoms with Crippen molar-refractivity contribution in [2.24, 2.45) is 0 Å². The second-order valence-electron chi connectivity index (χ2n) is 5.38. The summed E-state index contributed by atoms with van der Waals surface area (Å²) in [6.07, 6.45) is 1.94. The second-order valence-corrected chi connectivity index (χ2v) is 6.34. The lowest BCUT2D eigenvalue weighted by Gasteiger charge is -1.97. The first kappa shape index (κ1) is 13.4. The molecule has 0 bridgehead atoms. The molecule has 5 nitrogen and oxygen atoms in total. The van der Waals surface area contributed by atoms with E-state index in [4.69, 9.17) is 0 Å². The van der Waals surface area contributed by atoms with Gasteiger partial charge in [0.25, 0.3) is 0 Å². The van der Waals surface area contributed by atoms with Crippen molar-refractivity contribution < 1.29 is 4.39 Å². The zero-order valence-corrected chi connectivity index (χ0v) is 13.1.